The summed E-state index contributed by atoms with van der Waals surface area (Å²) in [5, 5.41) is 11.1. The second-order valence-corrected chi connectivity index (χ2v) is 11.4. The van der Waals surface area contributed by atoms with E-state index in [1.807, 2.05) is 32.1 Å². The molecule has 0 amide bonds. The lowest BCUT2D eigenvalue weighted by atomic mass is 10.0. The van der Waals surface area contributed by atoms with Gasteiger partial charge in [-0.05, 0) is 67.0 Å². The molecule has 0 spiro atoms. The molecule has 0 N–H and O–H groups in total. The second kappa shape index (κ2) is 15.4. The Balaban J connectivity index is 1.64. The van der Waals surface area contributed by atoms with Crippen LogP contribution in [0.2, 0.25) is 0 Å². The maximum absolute atomic E-state index is 13.1. The number of methoxy groups -OCH3 is 1. The molecular weight excluding hydrogens is 520 g/mol. The van der Waals surface area contributed by atoms with Gasteiger partial charge in [-0.25, -0.2) is 13.2 Å². The zero-order valence-electron chi connectivity index (χ0n) is 22.8. The normalized spacial score (nSPS) is 18.4. The van der Waals surface area contributed by atoms with Crippen LogP contribution >= 0.6 is 0 Å². The average molecular weight is 559 g/mol. The minimum Gasteiger partial charge on any atom is -0.466 e. The first kappa shape index (κ1) is 30.4. The number of allylic oxidation sites excluding steroid dienone is 3. The van der Waals surface area contributed by atoms with Crippen molar-refractivity contribution < 1.29 is 27.4 Å². The van der Waals surface area contributed by atoms with Crippen molar-refractivity contribution in [3.63, 3.8) is 0 Å². The number of sulfone groups is 1. The molecule has 3 rings (SSSR count). The van der Waals surface area contributed by atoms with E-state index in [1.165, 1.54) is 17.9 Å². The van der Waals surface area contributed by atoms with Gasteiger partial charge in [0.2, 0.25) is 9.84 Å². The number of benzene rings is 1. The first-order chi connectivity index (χ1) is 18.8. The zero-order valence-corrected chi connectivity index (χ0v) is 23.6. The number of tetrazole rings is 1. The highest BCUT2D eigenvalue weighted by atomic mass is 32.2. The molecule has 1 aliphatic heterocycles. The molecule has 1 saturated heterocycles. The Morgan fingerprint density at radius 3 is 2.72 bits per heavy atom. The van der Waals surface area contributed by atoms with E-state index in [9.17, 15) is 13.2 Å². The van der Waals surface area contributed by atoms with E-state index in [-0.39, 0.29) is 29.2 Å². The first-order valence-corrected chi connectivity index (χ1v) is 14.9. The monoisotopic (exact) mass is 558 g/mol. The number of hydrogen-bond acceptors (Lipinski definition) is 9. The van der Waals surface area contributed by atoms with Crippen LogP contribution in [0.4, 0.5) is 0 Å². The fraction of sp³-hybridized carbons (Fsp3) is 0.500. The van der Waals surface area contributed by atoms with Gasteiger partial charge in [0.1, 0.15) is 0 Å². The van der Waals surface area contributed by atoms with Crippen LogP contribution in [0.25, 0.3) is 5.69 Å². The summed E-state index contributed by atoms with van der Waals surface area (Å²) in [6.45, 7) is 4.71. The molecule has 212 valence electrons. The van der Waals surface area contributed by atoms with Gasteiger partial charge in [0.05, 0.1) is 24.7 Å². The molecule has 1 aliphatic rings. The highest BCUT2D eigenvalue weighted by molar-refractivity contribution is 7.91. The minimum atomic E-state index is -3.69. The Hall–Kier alpha value is -3.15. The molecule has 0 bridgehead atoms. The predicted octanol–water partition coefficient (Wildman–Crippen LogP) is 4.39. The van der Waals surface area contributed by atoms with Crippen LogP contribution in [0.15, 0.2) is 71.4 Å². The number of ether oxygens (including phenoxy) is 3. The van der Waals surface area contributed by atoms with Crippen LogP contribution in [0.3, 0.4) is 0 Å². The molecule has 0 aliphatic carbocycles. The lowest BCUT2D eigenvalue weighted by molar-refractivity contribution is -0.177. The standard InChI is InChI=1S/C28H38N4O6S/c1-4-23(16-17-25(13-10-14-26(33)36-3)38-27-15-8-9-19-37-27)21-22(2)18-20-39(34,35)28-29-30-31-32(28)24-11-6-5-7-12-24/h5-7,10-12,14,16-17,21-22,25,27H,4,8-9,13,15,18-20H2,1-3H3/b14-10+,17-16+,23-21-/t22-,25-,27?/m1/s1. The van der Waals surface area contributed by atoms with E-state index in [4.69, 9.17) is 9.47 Å². The van der Waals surface area contributed by atoms with Gasteiger partial charge in [-0.1, -0.05) is 67.0 Å². The summed E-state index contributed by atoms with van der Waals surface area (Å²) in [5.41, 5.74) is 1.65. The van der Waals surface area contributed by atoms with Crippen LogP contribution in [-0.4, -0.2) is 66.5 Å². The van der Waals surface area contributed by atoms with Crippen LogP contribution in [0.5, 0.6) is 0 Å². The van der Waals surface area contributed by atoms with Crippen molar-refractivity contribution >= 4 is 15.8 Å². The van der Waals surface area contributed by atoms with Crippen molar-refractivity contribution in [2.45, 2.75) is 69.9 Å². The molecule has 3 atom stereocenters. The van der Waals surface area contributed by atoms with Crippen LogP contribution in [0, 0.1) is 5.92 Å². The third kappa shape index (κ3) is 9.83. The molecule has 11 heteroatoms. The average Bonchev–Trinajstić information content (AvgIpc) is 3.46. The fourth-order valence-electron chi connectivity index (χ4n) is 4.07. The van der Waals surface area contributed by atoms with Gasteiger partial charge in [0, 0.05) is 12.7 Å². The number of para-hydroxylation sites is 1. The predicted molar refractivity (Wildman–Crippen MR) is 147 cm³/mol. The SMILES string of the molecule is CCC(=C/[C@H](C)CCS(=O)(=O)c1nnnn1-c1ccccc1)/C=C/[C@@H](C/C=C/C(=O)OC)OC1CCCCO1. The van der Waals surface area contributed by atoms with Crippen molar-refractivity contribution in [1.82, 2.24) is 20.2 Å². The molecule has 39 heavy (non-hydrogen) atoms. The largest absolute Gasteiger partial charge is 0.466 e. The van der Waals surface area contributed by atoms with Crippen LogP contribution in [0.1, 0.15) is 52.4 Å². The van der Waals surface area contributed by atoms with Gasteiger partial charge < -0.3 is 14.2 Å². The Morgan fingerprint density at radius 1 is 1.23 bits per heavy atom. The van der Waals surface area contributed by atoms with Crippen molar-refractivity contribution in [3.05, 3.63) is 66.3 Å². The number of carbonyl (C=O) groups is 1. The quantitative estimate of drug-likeness (QED) is 0.189. The molecule has 1 fully saturated rings. The summed E-state index contributed by atoms with van der Waals surface area (Å²) in [6, 6.07) is 8.94. The van der Waals surface area contributed by atoms with E-state index >= 15 is 0 Å². The van der Waals surface area contributed by atoms with Gasteiger partial charge >= 0.3 is 5.97 Å². The summed E-state index contributed by atoms with van der Waals surface area (Å²) >= 11 is 0. The topological polar surface area (TPSA) is 123 Å². The van der Waals surface area contributed by atoms with E-state index in [0.717, 1.165) is 31.3 Å². The van der Waals surface area contributed by atoms with Crippen LogP contribution < -0.4 is 0 Å². The van der Waals surface area contributed by atoms with E-state index < -0.39 is 15.8 Å². The molecule has 10 nitrogen and oxygen atoms in total. The van der Waals surface area contributed by atoms with Gasteiger partial charge in [-0.15, -0.1) is 0 Å². The zero-order chi connectivity index (χ0) is 28.1. The molecule has 1 aromatic heterocycles. The number of aromatic nitrogens is 4. The Bertz CT molecular complexity index is 1230. The van der Waals surface area contributed by atoms with Gasteiger partial charge in [0.15, 0.2) is 6.29 Å². The van der Waals surface area contributed by atoms with Crippen molar-refractivity contribution in [3.8, 4) is 5.69 Å². The van der Waals surface area contributed by atoms with Gasteiger partial charge in [-0.2, -0.15) is 4.68 Å². The summed E-state index contributed by atoms with van der Waals surface area (Å²) in [7, 11) is -2.36. The third-order valence-corrected chi connectivity index (χ3v) is 7.87. The van der Waals surface area contributed by atoms with Gasteiger partial charge in [0.25, 0.3) is 5.16 Å². The number of rotatable bonds is 14. The van der Waals surface area contributed by atoms with Gasteiger partial charge in [-0.3, -0.25) is 0 Å². The summed E-state index contributed by atoms with van der Waals surface area (Å²) in [4.78, 5) is 11.5. The summed E-state index contributed by atoms with van der Waals surface area (Å²) in [6.07, 6.45) is 13.2. The highest BCUT2D eigenvalue weighted by Crippen LogP contribution is 2.20. The number of hydrogen-bond donors (Lipinski definition) is 0. The smallest absolute Gasteiger partial charge is 0.330 e. The Kier molecular flexibility index (Phi) is 12.0. The Labute approximate surface area is 230 Å². The molecule has 1 unspecified atom stereocenters. The number of esters is 1. The summed E-state index contributed by atoms with van der Waals surface area (Å²) < 4.78 is 43.9. The van der Waals surface area contributed by atoms with Crippen LogP contribution in [-0.2, 0) is 28.8 Å². The second-order valence-electron chi connectivity index (χ2n) is 9.38. The van der Waals surface area contributed by atoms with Crippen molar-refractivity contribution in [1.29, 1.82) is 0 Å². The Morgan fingerprint density at radius 2 is 2.03 bits per heavy atom. The lowest BCUT2D eigenvalue weighted by Gasteiger charge is -2.26. The fourth-order valence-corrected chi connectivity index (χ4v) is 5.50. The maximum Gasteiger partial charge on any atom is 0.330 e. The minimum absolute atomic E-state index is 0.000646. The highest BCUT2D eigenvalue weighted by Gasteiger charge is 2.24. The molecule has 1 aromatic carbocycles. The third-order valence-electron chi connectivity index (χ3n) is 6.28. The maximum atomic E-state index is 13.1. The lowest BCUT2D eigenvalue weighted by Crippen LogP contribution is -2.26. The van der Waals surface area contributed by atoms with E-state index in [2.05, 4.69) is 26.3 Å². The molecule has 2 aromatic rings. The number of nitrogens with zero attached hydrogens (tertiary/aromatic N) is 4. The van der Waals surface area contributed by atoms with Crippen molar-refractivity contribution in [2.75, 3.05) is 19.5 Å². The molecule has 0 saturated carbocycles. The molecule has 0 radical (unpaired) electrons. The first-order valence-electron chi connectivity index (χ1n) is 13.3. The number of carbonyl (C=O) groups excluding carboxylic acids is 1. The van der Waals surface area contributed by atoms with E-state index in [1.54, 1.807) is 30.3 Å². The van der Waals surface area contributed by atoms with Crippen molar-refractivity contribution in [2.24, 2.45) is 5.92 Å². The summed E-state index contributed by atoms with van der Waals surface area (Å²) in [5.74, 6) is -0.496. The molecular formula is C28H38N4O6S. The van der Waals surface area contributed by atoms with E-state index in [0.29, 0.717) is 25.1 Å². The molecule has 2 heterocycles.